The molecule has 3 N–H and O–H groups in total. The molecule has 2 aromatic rings. The summed E-state index contributed by atoms with van der Waals surface area (Å²) in [6, 6.07) is 11.4. The molecular weight excluding hydrogens is 397 g/mol. The number of benzene rings is 2. The van der Waals surface area contributed by atoms with Crippen molar-refractivity contribution in [2.24, 2.45) is 0 Å². The van der Waals surface area contributed by atoms with Crippen molar-refractivity contribution in [1.29, 1.82) is 0 Å². The van der Waals surface area contributed by atoms with Crippen LogP contribution >= 0.6 is 0 Å². The van der Waals surface area contributed by atoms with Gasteiger partial charge in [-0.1, -0.05) is 42.5 Å². The number of nitrogens with one attached hydrogen (secondary N) is 1. The number of carbonyl (C=O) groups is 1. The van der Waals surface area contributed by atoms with E-state index in [1.165, 1.54) is 12.1 Å². The van der Waals surface area contributed by atoms with Crippen molar-refractivity contribution in [3.05, 3.63) is 71.3 Å². The molecule has 0 bridgehead atoms. The normalized spacial score (nSPS) is 17.6. The number of carbonyl (C=O) groups excluding carboxylic acids is 1. The number of alkyl halides is 3. The van der Waals surface area contributed by atoms with Crippen molar-refractivity contribution in [1.82, 2.24) is 10.2 Å². The smallest absolute Gasteiger partial charge is 0.394 e. The van der Waals surface area contributed by atoms with Crippen LogP contribution in [0.25, 0.3) is 0 Å². The summed E-state index contributed by atoms with van der Waals surface area (Å²) in [5, 5.41) is 23.8. The molecule has 1 saturated heterocycles. The summed E-state index contributed by atoms with van der Waals surface area (Å²) >= 11 is 0. The Balaban J connectivity index is 1.87. The molecule has 0 aliphatic carbocycles. The van der Waals surface area contributed by atoms with Gasteiger partial charge in [-0.25, -0.2) is 0 Å². The van der Waals surface area contributed by atoms with Gasteiger partial charge in [0.05, 0.1) is 18.2 Å². The molecule has 1 amide bonds. The molecule has 0 saturated carbocycles. The second kappa shape index (κ2) is 9.59. The van der Waals surface area contributed by atoms with Crippen LogP contribution in [0.3, 0.4) is 0 Å². The molecule has 30 heavy (non-hydrogen) atoms. The third kappa shape index (κ3) is 5.19. The van der Waals surface area contributed by atoms with Crippen LogP contribution in [0.1, 0.15) is 41.7 Å². The maximum absolute atomic E-state index is 13.1. The zero-order valence-electron chi connectivity index (χ0n) is 16.3. The van der Waals surface area contributed by atoms with E-state index in [4.69, 9.17) is 0 Å². The molecule has 3 rings (SSSR count). The average molecular weight is 422 g/mol. The van der Waals surface area contributed by atoms with Crippen LogP contribution in [-0.2, 0) is 11.0 Å². The molecular formula is C22H25F3N2O3. The highest BCUT2D eigenvalue weighted by atomic mass is 19.4. The van der Waals surface area contributed by atoms with Crippen LogP contribution in [0.2, 0.25) is 0 Å². The van der Waals surface area contributed by atoms with Gasteiger partial charge in [0, 0.05) is 13.1 Å². The first kappa shape index (κ1) is 22.3. The van der Waals surface area contributed by atoms with Crippen molar-refractivity contribution in [2.45, 2.75) is 37.2 Å². The highest BCUT2D eigenvalue weighted by Crippen LogP contribution is 2.31. The predicted octanol–water partition coefficient (Wildman–Crippen LogP) is 3.05. The fraction of sp³-hybridized carbons (Fsp3) is 0.409. The van der Waals surface area contributed by atoms with E-state index in [1.54, 1.807) is 29.2 Å². The fourth-order valence-electron chi connectivity index (χ4n) is 3.65. The summed E-state index contributed by atoms with van der Waals surface area (Å²) in [4.78, 5) is 14.7. The van der Waals surface area contributed by atoms with Crippen molar-refractivity contribution >= 4 is 5.91 Å². The van der Waals surface area contributed by atoms with Gasteiger partial charge < -0.3 is 15.1 Å². The highest BCUT2D eigenvalue weighted by Gasteiger charge is 2.35. The molecule has 1 heterocycles. The summed E-state index contributed by atoms with van der Waals surface area (Å²) in [6.07, 6.45) is -4.14. The first-order chi connectivity index (χ1) is 14.3. The van der Waals surface area contributed by atoms with Gasteiger partial charge in [-0.3, -0.25) is 10.1 Å². The molecule has 162 valence electrons. The SMILES string of the molecule is O=C([C@@H](N[C@H](CO)c1ccccc1)[C@H](O)c1ccc(C(F)(F)F)cc1)N1CCCC1. The van der Waals surface area contributed by atoms with Crippen molar-refractivity contribution < 1.29 is 28.2 Å². The molecule has 8 heteroatoms. The number of hydrogen-bond donors (Lipinski definition) is 3. The Hall–Kier alpha value is -2.42. The molecule has 2 aromatic carbocycles. The number of amides is 1. The lowest BCUT2D eigenvalue weighted by Crippen LogP contribution is -2.50. The summed E-state index contributed by atoms with van der Waals surface area (Å²) in [5.74, 6) is -0.339. The van der Waals surface area contributed by atoms with Gasteiger partial charge in [0.2, 0.25) is 5.91 Å². The Morgan fingerprint density at radius 2 is 1.60 bits per heavy atom. The lowest BCUT2D eigenvalue weighted by Gasteiger charge is -2.31. The lowest BCUT2D eigenvalue weighted by molar-refractivity contribution is -0.138. The third-order valence-corrected chi connectivity index (χ3v) is 5.34. The van der Waals surface area contributed by atoms with E-state index in [-0.39, 0.29) is 18.1 Å². The van der Waals surface area contributed by atoms with E-state index in [0.29, 0.717) is 13.1 Å². The van der Waals surface area contributed by atoms with Crippen LogP contribution in [0, 0.1) is 0 Å². The molecule has 0 unspecified atom stereocenters. The van der Waals surface area contributed by atoms with Crippen molar-refractivity contribution in [2.75, 3.05) is 19.7 Å². The fourth-order valence-corrected chi connectivity index (χ4v) is 3.65. The van der Waals surface area contributed by atoms with Crippen LogP contribution in [-0.4, -0.2) is 46.8 Å². The topological polar surface area (TPSA) is 72.8 Å². The summed E-state index contributed by atoms with van der Waals surface area (Å²) in [6.45, 7) is 0.811. The molecule has 1 aliphatic rings. The Morgan fingerprint density at radius 3 is 2.13 bits per heavy atom. The Morgan fingerprint density at radius 1 is 1.00 bits per heavy atom. The van der Waals surface area contributed by atoms with E-state index >= 15 is 0 Å². The van der Waals surface area contributed by atoms with Gasteiger partial charge >= 0.3 is 6.18 Å². The summed E-state index contributed by atoms with van der Waals surface area (Å²) < 4.78 is 38.6. The van der Waals surface area contributed by atoms with Gasteiger partial charge in [-0.2, -0.15) is 13.2 Å². The monoisotopic (exact) mass is 422 g/mol. The van der Waals surface area contributed by atoms with Gasteiger partial charge in [0.25, 0.3) is 0 Å². The second-order valence-electron chi connectivity index (χ2n) is 7.39. The highest BCUT2D eigenvalue weighted by molar-refractivity contribution is 5.83. The van der Waals surface area contributed by atoms with Crippen LogP contribution in [0.15, 0.2) is 54.6 Å². The number of likely N-dealkylation sites (tertiary alicyclic amines) is 1. The lowest BCUT2D eigenvalue weighted by atomic mass is 9.97. The maximum Gasteiger partial charge on any atom is 0.416 e. The van der Waals surface area contributed by atoms with Gasteiger partial charge in [0.1, 0.15) is 12.1 Å². The zero-order valence-corrected chi connectivity index (χ0v) is 16.3. The zero-order chi connectivity index (χ0) is 21.7. The molecule has 0 radical (unpaired) electrons. The Bertz CT molecular complexity index is 822. The number of halogens is 3. The Labute approximate surface area is 173 Å². The van der Waals surface area contributed by atoms with E-state index in [9.17, 15) is 28.2 Å². The largest absolute Gasteiger partial charge is 0.416 e. The first-order valence-electron chi connectivity index (χ1n) is 9.87. The second-order valence-corrected chi connectivity index (χ2v) is 7.39. The third-order valence-electron chi connectivity index (χ3n) is 5.34. The minimum Gasteiger partial charge on any atom is -0.394 e. The minimum absolute atomic E-state index is 0.192. The van der Waals surface area contributed by atoms with Crippen molar-refractivity contribution in [3.63, 3.8) is 0 Å². The van der Waals surface area contributed by atoms with Gasteiger partial charge in [0.15, 0.2) is 0 Å². The van der Waals surface area contributed by atoms with Crippen LogP contribution < -0.4 is 5.32 Å². The van der Waals surface area contributed by atoms with Gasteiger partial charge in [-0.05, 0) is 36.1 Å². The van der Waals surface area contributed by atoms with Gasteiger partial charge in [-0.15, -0.1) is 0 Å². The number of rotatable bonds is 7. The maximum atomic E-state index is 13.1. The van der Waals surface area contributed by atoms with Crippen molar-refractivity contribution in [3.8, 4) is 0 Å². The van der Waals surface area contributed by atoms with Crippen LogP contribution in [0.4, 0.5) is 13.2 Å². The number of aliphatic hydroxyl groups is 2. The molecule has 0 aromatic heterocycles. The van der Waals surface area contributed by atoms with E-state index in [1.807, 2.05) is 6.07 Å². The standard InChI is InChI=1S/C22H25F3N2O3/c23-22(24,25)17-10-8-16(9-11-17)20(29)19(21(30)27-12-4-5-13-27)26-18(14-28)15-6-2-1-3-7-15/h1-3,6-11,18-20,26,28-29H,4-5,12-14H2/t18-,19+,20-/m1/s1. The molecule has 0 spiro atoms. The molecule has 5 nitrogen and oxygen atoms in total. The predicted molar refractivity (Wildman–Crippen MR) is 105 cm³/mol. The number of aliphatic hydroxyl groups excluding tert-OH is 2. The number of nitrogens with zero attached hydrogens (tertiary/aromatic N) is 1. The molecule has 1 aliphatic heterocycles. The average Bonchev–Trinajstić information content (AvgIpc) is 3.29. The summed E-state index contributed by atoms with van der Waals surface area (Å²) in [7, 11) is 0. The van der Waals surface area contributed by atoms with E-state index in [2.05, 4.69) is 5.32 Å². The Kier molecular flexibility index (Phi) is 7.12. The first-order valence-corrected chi connectivity index (χ1v) is 9.87. The minimum atomic E-state index is -4.48. The molecule has 3 atom stereocenters. The van der Waals surface area contributed by atoms with E-state index in [0.717, 1.165) is 30.5 Å². The van der Waals surface area contributed by atoms with E-state index < -0.39 is 29.9 Å². The molecule has 1 fully saturated rings. The quantitative estimate of drug-likeness (QED) is 0.641. The van der Waals surface area contributed by atoms with Crippen LogP contribution in [0.5, 0.6) is 0 Å². The summed E-state index contributed by atoms with van der Waals surface area (Å²) in [5.41, 5.74) is 0.1000. The number of hydrogen-bond acceptors (Lipinski definition) is 4.